The van der Waals surface area contributed by atoms with Gasteiger partial charge >= 0.3 is 0 Å². The number of carbonyl (C=O) groups excluding carboxylic acids is 1. The second-order valence-electron chi connectivity index (χ2n) is 4.55. The normalized spacial score (nSPS) is 19.3. The lowest BCUT2D eigenvalue weighted by Crippen LogP contribution is -2.41. The molecule has 18 heavy (non-hydrogen) atoms. The molecule has 1 aliphatic rings. The van der Waals surface area contributed by atoms with Crippen LogP contribution >= 0.6 is 0 Å². The number of amides is 1. The molecule has 1 aromatic rings. The minimum absolute atomic E-state index is 0.00773. The lowest BCUT2D eigenvalue weighted by Gasteiger charge is -2.23. The van der Waals surface area contributed by atoms with Crippen LogP contribution in [0.4, 0.5) is 0 Å². The summed E-state index contributed by atoms with van der Waals surface area (Å²) >= 11 is 0. The van der Waals surface area contributed by atoms with Crippen LogP contribution in [-0.4, -0.2) is 53.9 Å². The van der Waals surface area contributed by atoms with E-state index in [9.17, 15) is 4.79 Å². The molecule has 2 rings (SSSR count). The fourth-order valence-electron chi connectivity index (χ4n) is 2.44. The average molecular weight is 252 g/mol. The van der Waals surface area contributed by atoms with E-state index >= 15 is 0 Å². The quantitative estimate of drug-likeness (QED) is 0.834. The van der Waals surface area contributed by atoms with Crippen LogP contribution in [0.1, 0.15) is 23.3 Å². The molecule has 0 saturated carbocycles. The highest BCUT2D eigenvalue weighted by Gasteiger charge is 2.30. The first kappa shape index (κ1) is 12.9. The molecule has 1 fully saturated rings. The standard InChI is InChI=1S/C12H20N4O2/c1-13-8-9-5-4-6-16(9)12(17)10-7-11(18-3)15(2)14-10/h7,9,13H,4-6,8H2,1-3H3. The Hall–Kier alpha value is -1.56. The van der Waals surface area contributed by atoms with E-state index in [1.165, 1.54) is 0 Å². The van der Waals surface area contributed by atoms with Crippen molar-refractivity contribution >= 4 is 5.91 Å². The van der Waals surface area contributed by atoms with Crippen LogP contribution in [0.3, 0.4) is 0 Å². The number of likely N-dealkylation sites (tertiary alicyclic amines) is 1. The van der Waals surface area contributed by atoms with Crippen molar-refractivity contribution in [2.24, 2.45) is 7.05 Å². The Balaban J connectivity index is 2.14. The average Bonchev–Trinajstić information content (AvgIpc) is 2.95. The number of methoxy groups -OCH3 is 1. The molecule has 1 N–H and O–H groups in total. The van der Waals surface area contributed by atoms with E-state index in [-0.39, 0.29) is 11.9 Å². The first-order valence-electron chi connectivity index (χ1n) is 6.21. The number of ether oxygens (including phenoxy) is 1. The van der Waals surface area contributed by atoms with Gasteiger partial charge in [0.05, 0.1) is 7.11 Å². The number of nitrogens with zero attached hydrogens (tertiary/aromatic N) is 3. The van der Waals surface area contributed by atoms with Crippen LogP contribution in [0.2, 0.25) is 0 Å². The number of aryl methyl sites for hydroxylation is 1. The molecule has 0 aliphatic carbocycles. The summed E-state index contributed by atoms with van der Waals surface area (Å²) in [7, 11) is 5.25. The molecule has 0 bridgehead atoms. The summed E-state index contributed by atoms with van der Waals surface area (Å²) in [6, 6.07) is 1.97. The minimum Gasteiger partial charge on any atom is -0.481 e. The predicted molar refractivity (Wildman–Crippen MR) is 67.7 cm³/mol. The number of hydrogen-bond donors (Lipinski definition) is 1. The molecule has 1 amide bonds. The topological polar surface area (TPSA) is 59.4 Å². The molecule has 2 heterocycles. The SMILES string of the molecule is CNCC1CCCN1C(=O)c1cc(OC)n(C)n1. The van der Waals surface area contributed by atoms with Crippen molar-refractivity contribution in [3.8, 4) is 5.88 Å². The Kier molecular flexibility index (Phi) is 3.86. The number of likely N-dealkylation sites (N-methyl/N-ethyl adjacent to an activating group) is 1. The van der Waals surface area contributed by atoms with Crippen LogP contribution in [0.5, 0.6) is 5.88 Å². The maximum absolute atomic E-state index is 12.4. The van der Waals surface area contributed by atoms with Gasteiger partial charge in [0.2, 0.25) is 5.88 Å². The zero-order valence-corrected chi connectivity index (χ0v) is 11.1. The fourth-order valence-corrected chi connectivity index (χ4v) is 2.44. The molecular formula is C12H20N4O2. The second-order valence-corrected chi connectivity index (χ2v) is 4.55. The van der Waals surface area contributed by atoms with Gasteiger partial charge in [-0.2, -0.15) is 5.10 Å². The summed E-state index contributed by atoms with van der Waals surface area (Å²) in [4.78, 5) is 14.3. The van der Waals surface area contributed by atoms with Crippen molar-refractivity contribution in [3.63, 3.8) is 0 Å². The van der Waals surface area contributed by atoms with Crippen LogP contribution < -0.4 is 10.1 Å². The van der Waals surface area contributed by atoms with Crippen LogP contribution in [0.15, 0.2) is 6.07 Å². The lowest BCUT2D eigenvalue weighted by molar-refractivity contribution is 0.0730. The first-order chi connectivity index (χ1) is 8.67. The molecule has 1 saturated heterocycles. The van der Waals surface area contributed by atoms with Gasteiger partial charge in [0.1, 0.15) is 0 Å². The molecule has 1 aromatic heterocycles. The van der Waals surface area contributed by atoms with Crippen molar-refractivity contribution < 1.29 is 9.53 Å². The molecule has 1 aliphatic heterocycles. The Bertz CT molecular complexity index is 430. The molecule has 1 unspecified atom stereocenters. The van der Waals surface area contributed by atoms with E-state index < -0.39 is 0 Å². The zero-order valence-electron chi connectivity index (χ0n) is 11.1. The summed E-state index contributed by atoms with van der Waals surface area (Å²) in [5.74, 6) is 0.592. The van der Waals surface area contributed by atoms with Crippen molar-refractivity contribution in [3.05, 3.63) is 11.8 Å². The molecule has 6 nitrogen and oxygen atoms in total. The highest BCUT2D eigenvalue weighted by Crippen LogP contribution is 2.20. The van der Waals surface area contributed by atoms with Crippen molar-refractivity contribution in [1.82, 2.24) is 20.0 Å². The highest BCUT2D eigenvalue weighted by molar-refractivity contribution is 5.93. The predicted octanol–water partition coefficient (Wildman–Crippen LogP) is 0.253. The zero-order chi connectivity index (χ0) is 13.1. The monoisotopic (exact) mass is 252 g/mol. The Labute approximate surface area is 107 Å². The fraction of sp³-hybridized carbons (Fsp3) is 0.667. The molecule has 6 heteroatoms. The van der Waals surface area contributed by atoms with Crippen molar-refractivity contribution in [2.75, 3.05) is 27.2 Å². The maximum atomic E-state index is 12.4. The van der Waals surface area contributed by atoms with Gasteiger partial charge in [-0.25, -0.2) is 4.68 Å². The van der Waals surface area contributed by atoms with Gasteiger partial charge in [0.25, 0.3) is 5.91 Å². The van der Waals surface area contributed by atoms with Crippen LogP contribution in [0, 0.1) is 0 Å². The molecular weight excluding hydrogens is 232 g/mol. The van der Waals surface area contributed by atoms with Gasteiger partial charge in [-0.05, 0) is 19.9 Å². The molecule has 1 atom stereocenters. The van der Waals surface area contributed by atoms with E-state index in [2.05, 4.69) is 10.4 Å². The van der Waals surface area contributed by atoms with Gasteiger partial charge in [0, 0.05) is 32.2 Å². The van der Waals surface area contributed by atoms with Gasteiger partial charge in [0.15, 0.2) is 5.69 Å². The minimum atomic E-state index is -0.00773. The number of aromatic nitrogens is 2. The Morgan fingerprint density at radius 2 is 2.44 bits per heavy atom. The van der Waals surface area contributed by atoms with E-state index in [1.807, 2.05) is 11.9 Å². The van der Waals surface area contributed by atoms with Gasteiger partial charge in [-0.15, -0.1) is 0 Å². The smallest absolute Gasteiger partial charge is 0.274 e. The summed E-state index contributed by atoms with van der Waals surface area (Å²) in [5, 5.41) is 7.33. The third-order valence-corrected chi connectivity index (χ3v) is 3.34. The third kappa shape index (κ3) is 2.33. The van der Waals surface area contributed by atoms with Crippen molar-refractivity contribution in [2.45, 2.75) is 18.9 Å². The summed E-state index contributed by atoms with van der Waals surface area (Å²) < 4.78 is 6.71. The number of nitrogens with one attached hydrogen (secondary N) is 1. The number of rotatable bonds is 4. The summed E-state index contributed by atoms with van der Waals surface area (Å²) in [5.41, 5.74) is 0.456. The van der Waals surface area contributed by atoms with Gasteiger partial charge in [-0.3, -0.25) is 4.79 Å². The van der Waals surface area contributed by atoms with E-state index in [1.54, 1.807) is 24.9 Å². The van der Waals surface area contributed by atoms with Crippen LogP contribution in [0.25, 0.3) is 0 Å². The molecule has 0 radical (unpaired) electrons. The molecule has 0 aromatic carbocycles. The molecule has 0 spiro atoms. The van der Waals surface area contributed by atoms with Crippen molar-refractivity contribution in [1.29, 1.82) is 0 Å². The van der Waals surface area contributed by atoms with Gasteiger partial charge in [-0.1, -0.05) is 0 Å². The molecule has 100 valence electrons. The summed E-state index contributed by atoms with van der Waals surface area (Å²) in [6.45, 7) is 1.64. The largest absolute Gasteiger partial charge is 0.481 e. The number of hydrogen-bond acceptors (Lipinski definition) is 4. The first-order valence-corrected chi connectivity index (χ1v) is 6.21. The Morgan fingerprint density at radius 3 is 3.06 bits per heavy atom. The highest BCUT2D eigenvalue weighted by atomic mass is 16.5. The number of carbonyl (C=O) groups is 1. The second kappa shape index (κ2) is 5.39. The maximum Gasteiger partial charge on any atom is 0.274 e. The van der Waals surface area contributed by atoms with E-state index in [0.29, 0.717) is 11.6 Å². The van der Waals surface area contributed by atoms with E-state index in [4.69, 9.17) is 4.74 Å². The Morgan fingerprint density at radius 1 is 1.67 bits per heavy atom. The van der Waals surface area contributed by atoms with E-state index in [0.717, 1.165) is 25.9 Å². The third-order valence-electron chi connectivity index (χ3n) is 3.34. The summed E-state index contributed by atoms with van der Waals surface area (Å²) in [6.07, 6.45) is 2.11. The lowest BCUT2D eigenvalue weighted by atomic mass is 10.2. The van der Waals surface area contributed by atoms with Crippen LogP contribution in [-0.2, 0) is 7.05 Å². The van der Waals surface area contributed by atoms with Gasteiger partial charge < -0.3 is 15.0 Å².